The summed E-state index contributed by atoms with van der Waals surface area (Å²) in [4.78, 5) is 15.2. The summed E-state index contributed by atoms with van der Waals surface area (Å²) in [6.07, 6.45) is 3.52. The molecule has 0 radical (unpaired) electrons. The summed E-state index contributed by atoms with van der Waals surface area (Å²) < 4.78 is 28.9. The molecule has 1 aliphatic heterocycles. The van der Waals surface area contributed by atoms with Gasteiger partial charge in [-0.25, -0.2) is 18.4 Å². The van der Waals surface area contributed by atoms with Crippen molar-refractivity contribution in [3.05, 3.63) is 198 Å². The van der Waals surface area contributed by atoms with E-state index < -0.39 is 15.3 Å². The van der Waals surface area contributed by atoms with Crippen LogP contribution in [0.25, 0.3) is 56.2 Å². The van der Waals surface area contributed by atoms with Gasteiger partial charge in [0.15, 0.2) is 5.82 Å². The molecule has 52 heavy (non-hydrogen) atoms. The molecule has 5 nitrogen and oxygen atoms in total. The van der Waals surface area contributed by atoms with Crippen LogP contribution in [0.1, 0.15) is 22.3 Å². The highest BCUT2D eigenvalue weighted by Crippen LogP contribution is 2.59. The van der Waals surface area contributed by atoms with Gasteiger partial charge in [-0.3, -0.25) is 4.98 Å². The maximum absolute atomic E-state index is 14.5. The first-order valence-electron chi connectivity index (χ1n) is 17.2. The Balaban J connectivity index is 1.35. The van der Waals surface area contributed by atoms with E-state index in [0.29, 0.717) is 15.6 Å². The second-order valence-corrected chi connectivity index (χ2v) is 15.1. The molecule has 10 rings (SSSR count). The largest absolute Gasteiger partial charge is 0.264 e. The van der Waals surface area contributed by atoms with Crippen molar-refractivity contribution in [3.8, 4) is 56.2 Å². The molecule has 0 unspecified atom stereocenters. The number of aromatic nitrogens is 3. The van der Waals surface area contributed by atoms with Crippen molar-refractivity contribution >= 4 is 9.84 Å². The fourth-order valence-electron chi connectivity index (χ4n) is 8.23. The van der Waals surface area contributed by atoms with E-state index in [-0.39, 0.29) is 0 Å². The van der Waals surface area contributed by atoms with Crippen molar-refractivity contribution in [2.75, 3.05) is 0 Å². The number of hydrogen-bond donors (Lipinski definition) is 0. The Morgan fingerprint density at radius 2 is 0.962 bits per heavy atom. The van der Waals surface area contributed by atoms with E-state index in [1.54, 1.807) is 24.5 Å². The number of sulfone groups is 1. The fraction of sp³-hybridized carbons (Fsp3) is 0.0217. The average molecular weight is 688 g/mol. The molecule has 0 amide bonds. The summed E-state index contributed by atoms with van der Waals surface area (Å²) in [7, 11) is -3.82. The van der Waals surface area contributed by atoms with Gasteiger partial charge in [0, 0.05) is 29.1 Å². The fourth-order valence-corrected chi connectivity index (χ4v) is 10.0. The standard InChI is InChI=1S/C46H29N3O2S/c50-52(51)43-22-10-8-20-38(43)46(39-21-9-11-23-44(39)52)37-19-7-6-18-35(37)33-16-4-5-17-34(33)36-25-24-31(27-40(36)46)42-28-41(30-13-2-1-3-14-30)48-45(49-42)32-15-12-26-47-29-32/h1-29H. The van der Waals surface area contributed by atoms with Crippen LogP contribution in [0.15, 0.2) is 186 Å². The van der Waals surface area contributed by atoms with Crippen LogP contribution >= 0.6 is 0 Å². The minimum Gasteiger partial charge on any atom is -0.264 e. The zero-order chi connectivity index (χ0) is 34.9. The first-order valence-corrected chi connectivity index (χ1v) is 18.7. The lowest BCUT2D eigenvalue weighted by Crippen LogP contribution is -2.38. The van der Waals surface area contributed by atoms with Crippen molar-refractivity contribution in [1.82, 2.24) is 15.0 Å². The molecule has 8 aromatic rings. The second-order valence-electron chi connectivity index (χ2n) is 13.2. The van der Waals surface area contributed by atoms with Crippen LogP contribution < -0.4 is 0 Å². The molecular formula is C46H29N3O2S. The topological polar surface area (TPSA) is 72.8 Å². The first-order chi connectivity index (χ1) is 25.5. The van der Waals surface area contributed by atoms with Crippen LogP contribution in [0, 0.1) is 0 Å². The van der Waals surface area contributed by atoms with E-state index in [1.807, 2.05) is 72.8 Å². The lowest BCUT2D eigenvalue weighted by atomic mass is 9.63. The summed E-state index contributed by atoms with van der Waals surface area (Å²) in [6.45, 7) is 0. The molecule has 6 aromatic carbocycles. The highest BCUT2D eigenvalue weighted by Gasteiger charge is 2.51. The number of benzene rings is 6. The number of hydrogen-bond acceptors (Lipinski definition) is 5. The van der Waals surface area contributed by atoms with Gasteiger partial charge in [0.2, 0.25) is 9.84 Å². The molecular weight excluding hydrogens is 659 g/mol. The summed E-state index contributed by atoms with van der Waals surface area (Å²) in [6, 6.07) is 54.5. The quantitative estimate of drug-likeness (QED) is 0.185. The van der Waals surface area contributed by atoms with Crippen molar-refractivity contribution in [2.24, 2.45) is 0 Å². The molecule has 0 bridgehead atoms. The van der Waals surface area contributed by atoms with Crippen molar-refractivity contribution < 1.29 is 8.42 Å². The summed E-state index contributed by atoms with van der Waals surface area (Å²) >= 11 is 0. The van der Waals surface area contributed by atoms with E-state index in [4.69, 9.17) is 9.97 Å². The van der Waals surface area contributed by atoms with Crippen LogP contribution in [0.4, 0.5) is 0 Å². The molecule has 2 aromatic heterocycles. The van der Waals surface area contributed by atoms with Crippen LogP contribution in [-0.2, 0) is 15.3 Å². The van der Waals surface area contributed by atoms with E-state index in [0.717, 1.165) is 72.6 Å². The molecule has 3 heterocycles. The molecule has 0 saturated heterocycles. The Morgan fingerprint density at radius 3 is 1.62 bits per heavy atom. The predicted molar refractivity (Wildman–Crippen MR) is 204 cm³/mol. The van der Waals surface area contributed by atoms with Gasteiger partial charge in [-0.05, 0) is 80.9 Å². The molecule has 1 aliphatic carbocycles. The minimum absolute atomic E-state index is 0.318. The maximum atomic E-state index is 14.5. The third-order valence-corrected chi connectivity index (χ3v) is 12.3. The van der Waals surface area contributed by atoms with Crippen molar-refractivity contribution in [2.45, 2.75) is 15.2 Å². The molecule has 0 saturated carbocycles. The summed E-state index contributed by atoms with van der Waals surface area (Å²) in [5.41, 5.74) is 11.0. The van der Waals surface area contributed by atoms with Crippen molar-refractivity contribution in [1.29, 1.82) is 0 Å². The van der Waals surface area contributed by atoms with Crippen LogP contribution in [0.5, 0.6) is 0 Å². The van der Waals surface area contributed by atoms with Gasteiger partial charge in [-0.1, -0.05) is 127 Å². The maximum Gasteiger partial charge on any atom is 0.207 e. The third-order valence-electron chi connectivity index (χ3n) is 10.4. The highest BCUT2D eigenvalue weighted by molar-refractivity contribution is 7.91. The third kappa shape index (κ3) is 4.34. The lowest BCUT2D eigenvalue weighted by molar-refractivity contribution is 0.579. The van der Waals surface area contributed by atoms with Crippen LogP contribution in [0.3, 0.4) is 0 Å². The van der Waals surface area contributed by atoms with Gasteiger partial charge in [0.1, 0.15) is 0 Å². The molecule has 1 spiro atoms. The number of nitrogens with zero attached hydrogens (tertiary/aromatic N) is 3. The zero-order valence-corrected chi connectivity index (χ0v) is 28.6. The Bertz CT molecular complexity index is 2710. The van der Waals surface area contributed by atoms with Crippen LogP contribution in [-0.4, -0.2) is 23.4 Å². The monoisotopic (exact) mass is 687 g/mol. The molecule has 0 fully saturated rings. The first kappa shape index (κ1) is 30.3. The average Bonchev–Trinajstić information content (AvgIpc) is 3.32. The second kappa shape index (κ2) is 11.5. The van der Waals surface area contributed by atoms with E-state index in [9.17, 15) is 8.42 Å². The lowest BCUT2D eigenvalue weighted by Gasteiger charge is -2.42. The van der Waals surface area contributed by atoms with Crippen molar-refractivity contribution in [3.63, 3.8) is 0 Å². The summed E-state index contributed by atoms with van der Waals surface area (Å²) in [5, 5.41) is 0. The molecule has 246 valence electrons. The number of fused-ring (bicyclic) bond motifs is 11. The molecule has 0 atom stereocenters. The zero-order valence-electron chi connectivity index (χ0n) is 27.8. The SMILES string of the molecule is O=S1(=O)c2ccccc2C2(c3ccccc3-c3ccccc3-c3ccc(-c4cc(-c5ccccc5)nc(-c5cccnc5)n4)cc32)c2ccccc21. The Morgan fingerprint density at radius 1 is 0.423 bits per heavy atom. The normalized spacial score (nSPS) is 14.2. The Kier molecular flexibility index (Phi) is 6.72. The van der Waals surface area contributed by atoms with Gasteiger partial charge in [-0.2, -0.15) is 0 Å². The van der Waals surface area contributed by atoms with Gasteiger partial charge < -0.3 is 0 Å². The summed E-state index contributed by atoms with van der Waals surface area (Å²) in [5.74, 6) is 0.573. The highest BCUT2D eigenvalue weighted by atomic mass is 32.2. The van der Waals surface area contributed by atoms with E-state index >= 15 is 0 Å². The smallest absolute Gasteiger partial charge is 0.207 e. The van der Waals surface area contributed by atoms with E-state index in [1.165, 1.54) is 0 Å². The molecule has 0 N–H and O–H groups in total. The Labute approximate surface area is 301 Å². The predicted octanol–water partition coefficient (Wildman–Crippen LogP) is 10.0. The van der Waals surface area contributed by atoms with Gasteiger partial charge >= 0.3 is 0 Å². The van der Waals surface area contributed by atoms with E-state index in [2.05, 4.69) is 83.8 Å². The number of pyridine rings is 1. The van der Waals surface area contributed by atoms with Gasteiger partial charge in [0.25, 0.3) is 0 Å². The van der Waals surface area contributed by atoms with Crippen LogP contribution in [0.2, 0.25) is 0 Å². The molecule has 2 aliphatic rings. The Hall–Kier alpha value is -6.50. The molecule has 6 heteroatoms. The van der Waals surface area contributed by atoms with Gasteiger partial charge in [-0.15, -0.1) is 0 Å². The minimum atomic E-state index is -3.82. The van der Waals surface area contributed by atoms with Gasteiger partial charge in [0.05, 0.1) is 26.6 Å². The number of rotatable bonds is 3.